The van der Waals surface area contributed by atoms with Crippen molar-refractivity contribution >= 4 is 17.8 Å². The number of methoxy groups -OCH3 is 2. The molecule has 0 amide bonds. The number of ether oxygens (including phenoxy) is 2. The lowest BCUT2D eigenvalue weighted by Crippen LogP contribution is -2.34. The van der Waals surface area contributed by atoms with Crippen LogP contribution in [0.3, 0.4) is 0 Å². The Morgan fingerprint density at radius 3 is 2.60 bits per heavy atom. The van der Waals surface area contributed by atoms with Crippen LogP contribution in [0.25, 0.3) is 0 Å². The van der Waals surface area contributed by atoms with Gasteiger partial charge in [0.25, 0.3) is 0 Å². The summed E-state index contributed by atoms with van der Waals surface area (Å²) in [7, 11) is 2.75. The summed E-state index contributed by atoms with van der Waals surface area (Å²) in [6, 6.07) is 1.60. The van der Waals surface area contributed by atoms with Crippen LogP contribution in [0, 0.1) is 6.92 Å². The number of carbonyl (C=O) groups is 2. The number of nitrogens with zero attached hydrogens (tertiary/aromatic N) is 3. The molecule has 0 spiro atoms. The number of carbonyl (C=O) groups excluding carboxylic acids is 1. The minimum Gasteiger partial charge on any atom is -0.480 e. The second kappa shape index (κ2) is 7.39. The second-order valence-electron chi connectivity index (χ2n) is 3.99. The van der Waals surface area contributed by atoms with E-state index in [1.165, 1.54) is 19.1 Å². The summed E-state index contributed by atoms with van der Waals surface area (Å²) >= 11 is 0. The molecule has 0 bridgehead atoms. The van der Waals surface area contributed by atoms with Gasteiger partial charge < -0.3 is 19.5 Å². The van der Waals surface area contributed by atoms with Gasteiger partial charge in [0.15, 0.2) is 0 Å². The summed E-state index contributed by atoms with van der Waals surface area (Å²) in [6.45, 7) is 2.11. The van der Waals surface area contributed by atoms with E-state index in [1.807, 2.05) is 0 Å². The lowest BCUT2D eigenvalue weighted by atomic mass is 10.3. The topological polar surface area (TPSA) is 102 Å². The predicted octanol–water partition coefficient (Wildman–Crippen LogP) is 0.109. The molecule has 1 aromatic heterocycles. The molecule has 0 aromatic carbocycles. The van der Waals surface area contributed by atoms with Crippen LogP contribution < -0.4 is 4.90 Å². The first-order valence-corrected chi connectivity index (χ1v) is 5.87. The number of aryl methyl sites for hydroxylation is 1. The van der Waals surface area contributed by atoms with E-state index < -0.39 is 11.9 Å². The number of carboxylic acid groups (broad SMARTS) is 1. The number of anilines is 1. The fraction of sp³-hybridized carbons (Fsp3) is 0.500. The first-order chi connectivity index (χ1) is 9.47. The highest BCUT2D eigenvalue weighted by molar-refractivity contribution is 5.85. The van der Waals surface area contributed by atoms with Gasteiger partial charge in [-0.2, -0.15) is 0 Å². The lowest BCUT2D eigenvalue weighted by Gasteiger charge is -2.21. The molecule has 0 unspecified atom stereocenters. The highest BCUT2D eigenvalue weighted by atomic mass is 16.5. The van der Waals surface area contributed by atoms with E-state index in [1.54, 1.807) is 13.0 Å². The molecule has 0 atom stereocenters. The fourth-order valence-electron chi connectivity index (χ4n) is 1.54. The van der Waals surface area contributed by atoms with Crippen molar-refractivity contribution in [1.82, 2.24) is 9.97 Å². The van der Waals surface area contributed by atoms with E-state index in [-0.39, 0.29) is 12.4 Å². The van der Waals surface area contributed by atoms with Gasteiger partial charge in [-0.3, -0.25) is 4.79 Å². The van der Waals surface area contributed by atoms with Crippen molar-refractivity contribution in [2.75, 3.05) is 38.8 Å². The number of esters is 1. The molecule has 20 heavy (non-hydrogen) atoms. The SMILES string of the molecule is COCCN(CC(=O)O)c1cc(C)nc(C(=O)OC)n1. The number of rotatable bonds is 7. The Labute approximate surface area is 116 Å². The molecule has 110 valence electrons. The zero-order valence-corrected chi connectivity index (χ0v) is 11.6. The van der Waals surface area contributed by atoms with Crippen LogP contribution >= 0.6 is 0 Å². The third kappa shape index (κ3) is 4.47. The molecule has 8 heteroatoms. The molecule has 0 aliphatic heterocycles. The highest BCUT2D eigenvalue weighted by Gasteiger charge is 2.17. The Hall–Kier alpha value is -2.22. The third-order valence-electron chi connectivity index (χ3n) is 2.42. The number of hydrogen-bond acceptors (Lipinski definition) is 7. The summed E-state index contributed by atoms with van der Waals surface area (Å²) in [5.41, 5.74) is 0.545. The standard InChI is InChI=1S/C12H17N3O5/c1-8-6-9(14-11(13-8)12(18)20-3)15(4-5-19-2)7-10(16)17/h6H,4-5,7H2,1-3H3,(H,16,17). The largest absolute Gasteiger partial charge is 0.480 e. The maximum Gasteiger partial charge on any atom is 0.376 e. The smallest absolute Gasteiger partial charge is 0.376 e. The molecule has 1 rings (SSSR count). The van der Waals surface area contributed by atoms with Gasteiger partial charge in [0, 0.05) is 25.4 Å². The van der Waals surface area contributed by atoms with Gasteiger partial charge in [-0.1, -0.05) is 0 Å². The number of carboxylic acids is 1. The lowest BCUT2D eigenvalue weighted by molar-refractivity contribution is -0.135. The molecule has 0 radical (unpaired) electrons. The van der Waals surface area contributed by atoms with Crippen LogP contribution in [0.15, 0.2) is 6.07 Å². The van der Waals surface area contributed by atoms with E-state index in [0.717, 1.165) is 0 Å². The first-order valence-electron chi connectivity index (χ1n) is 5.87. The van der Waals surface area contributed by atoms with Gasteiger partial charge in [-0.15, -0.1) is 0 Å². The molecule has 0 aliphatic rings. The van der Waals surface area contributed by atoms with Crippen LogP contribution in [0.5, 0.6) is 0 Å². The Balaban J connectivity index is 3.07. The number of hydrogen-bond donors (Lipinski definition) is 1. The van der Waals surface area contributed by atoms with Gasteiger partial charge in [0.1, 0.15) is 12.4 Å². The van der Waals surface area contributed by atoms with Crippen LogP contribution in [0.1, 0.15) is 16.3 Å². The molecule has 1 aromatic rings. The molecular weight excluding hydrogens is 266 g/mol. The average Bonchev–Trinajstić information content (AvgIpc) is 2.41. The Morgan fingerprint density at radius 1 is 1.35 bits per heavy atom. The minimum absolute atomic E-state index is 0.102. The fourth-order valence-corrected chi connectivity index (χ4v) is 1.54. The molecule has 1 N–H and O–H groups in total. The van der Waals surface area contributed by atoms with Crippen molar-refractivity contribution in [2.45, 2.75) is 6.92 Å². The second-order valence-corrected chi connectivity index (χ2v) is 3.99. The molecule has 0 saturated carbocycles. The van der Waals surface area contributed by atoms with Gasteiger partial charge >= 0.3 is 11.9 Å². The van der Waals surface area contributed by atoms with Crippen LogP contribution in [0.2, 0.25) is 0 Å². The van der Waals surface area contributed by atoms with Crippen molar-refractivity contribution in [1.29, 1.82) is 0 Å². The summed E-state index contributed by atoms with van der Waals surface area (Å²) in [5, 5.41) is 8.92. The van der Waals surface area contributed by atoms with E-state index >= 15 is 0 Å². The van der Waals surface area contributed by atoms with Gasteiger partial charge in [0.05, 0.1) is 13.7 Å². The van der Waals surface area contributed by atoms with Gasteiger partial charge in [-0.05, 0) is 6.92 Å². The Bertz CT molecular complexity index is 492. The average molecular weight is 283 g/mol. The van der Waals surface area contributed by atoms with Crippen LogP contribution in [0.4, 0.5) is 5.82 Å². The Morgan fingerprint density at radius 2 is 2.05 bits per heavy atom. The van der Waals surface area contributed by atoms with Crippen molar-refractivity contribution in [3.05, 3.63) is 17.6 Å². The van der Waals surface area contributed by atoms with Crippen molar-refractivity contribution in [3.63, 3.8) is 0 Å². The molecule has 0 fully saturated rings. The summed E-state index contributed by atoms with van der Waals surface area (Å²) in [5.74, 6) is -1.43. The zero-order chi connectivity index (χ0) is 15.1. The summed E-state index contributed by atoms with van der Waals surface area (Å²) in [6.07, 6.45) is 0. The normalized spacial score (nSPS) is 10.2. The summed E-state index contributed by atoms with van der Waals surface area (Å²) < 4.78 is 9.50. The third-order valence-corrected chi connectivity index (χ3v) is 2.42. The molecule has 0 saturated heterocycles. The van der Waals surface area contributed by atoms with E-state index in [0.29, 0.717) is 24.7 Å². The number of aliphatic carboxylic acids is 1. The van der Waals surface area contributed by atoms with Crippen LogP contribution in [-0.2, 0) is 14.3 Å². The van der Waals surface area contributed by atoms with E-state index in [4.69, 9.17) is 9.84 Å². The number of aromatic nitrogens is 2. The minimum atomic E-state index is -1.00. The highest BCUT2D eigenvalue weighted by Crippen LogP contribution is 2.13. The first kappa shape index (κ1) is 15.8. The van der Waals surface area contributed by atoms with Gasteiger partial charge in [-0.25, -0.2) is 14.8 Å². The maximum absolute atomic E-state index is 11.5. The van der Waals surface area contributed by atoms with Gasteiger partial charge in [0.2, 0.25) is 5.82 Å². The van der Waals surface area contributed by atoms with E-state index in [2.05, 4.69) is 14.7 Å². The van der Waals surface area contributed by atoms with Crippen LogP contribution in [-0.4, -0.2) is 60.9 Å². The predicted molar refractivity (Wildman–Crippen MR) is 69.8 cm³/mol. The zero-order valence-electron chi connectivity index (χ0n) is 11.6. The van der Waals surface area contributed by atoms with Crippen molar-refractivity contribution in [3.8, 4) is 0 Å². The van der Waals surface area contributed by atoms with Crippen molar-refractivity contribution in [2.24, 2.45) is 0 Å². The monoisotopic (exact) mass is 283 g/mol. The molecular formula is C12H17N3O5. The quantitative estimate of drug-likeness (QED) is 0.703. The maximum atomic E-state index is 11.5. The van der Waals surface area contributed by atoms with E-state index in [9.17, 15) is 9.59 Å². The van der Waals surface area contributed by atoms with Crippen molar-refractivity contribution < 1.29 is 24.2 Å². The molecule has 8 nitrogen and oxygen atoms in total. The molecule has 1 heterocycles. The Kier molecular flexibility index (Phi) is 5.85. The summed E-state index contributed by atoms with van der Waals surface area (Å²) in [4.78, 5) is 31.8. The molecule has 0 aliphatic carbocycles.